The van der Waals surface area contributed by atoms with E-state index in [0.29, 0.717) is 25.6 Å². The van der Waals surface area contributed by atoms with E-state index in [1.807, 2.05) is 0 Å². The lowest BCUT2D eigenvalue weighted by atomic mass is 9.88. The second kappa shape index (κ2) is 7.58. The number of nitrogens with one attached hydrogen (secondary N) is 1. The molecule has 0 atom stereocenters. The molecular weight excluding hydrogens is 288 g/mol. The van der Waals surface area contributed by atoms with Crippen LogP contribution in [0.1, 0.15) is 51.9 Å². The third-order valence-corrected chi connectivity index (χ3v) is 6.75. The largest absolute Gasteiger partial charge is 0.356 e. The highest BCUT2D eigenvalue weighted by Gasteiger charge is 2.27. The van der Waals surface area contributed by atoms with Crippen LogP contribution in [-0.4, -0.2) is 44.0 Å². The number of piperidine rings is 1. The van der Waals surface area contributed by atoms with Crippen molar-refractivity contribution in [2.45, 2.75) is 51.9 Å². The molecule has 0 aromatic rings. The van der Waals surface area contributed by atoms with E-state index < -0.39 is 10.0 Å². The van der Waals surface area contributed by atoms with Crippen LogP contribution in [0.15, 0.2) is 0 Å². The molecule has 2 aliphatic rings. The number of carbonyl (C=O) groups is 1. The summed E-state index contributed by atoms with van der Waals surface area (Å²) in [4.78, 5) is 12.1. The van der Waals surface area contributed by atoms with E-state index in [0.717, 1.165) is 25.7 Å². The van der Waals surface area contributed by atoms with Crippen molar-refractivity contribution in [2.24, 2.45) is 11.8 Å². The maximum atomic E-state index is 12.1. The number of hydrogen-bond donors (Lipinski definition) is 1. The summed E-state index contributed by atoms with van der Waals surface area (Å²) in [5, 5.41) is 3.08. The Hall–Kier alpha value is -0.620. The lowest BCUT2D eigenvalue weighted by Crippen LogP contribution is -2.43. The van der Waals surface area contributed by atoms with Gasteiger partial charge in [-0.25, -0.2) is 12.7 Å². The fourth-order valence-electron chi connectivity index (χ4n) is 3.33. The van der Waals surface area contributed by atoms with Gasteiger partial charge in [-0.15, -0.1) is 0 Å². The maximum absolute atomic E-state index is 12.1. The van der Waals surface area contributed by atoms with Gasteiger partial charge in [-0.2, -0.15) is 0 Å². The molecule has 1 N–H and O–H groups in total. The lowest BCUT2D eigenvalue weighted by Gasteiger charge is -2.31. The highest BCUT2D eigenvalue weighted by molar-refractivity contribution is 7.89. The minimum absolute atomic E-state index is 0.177. The van der Waals surface area contributed by atoms with Gasteiger partial charge in [0.15, 0.2) is 0 Å². The van der Waals surface area contributed by atoms with Crippen molar-refractivity contribution in [2.75, 3.05) is 25.4 Å². The van der Waals surface area contributed by atoms with Gasteiger partial charge < -0.3 is 5.32 Å². The second-order valence-electron chi connectivity index (χ2n) is 6.32. The van der Waals surface area contributed by atoms with Crippen LogP contribution in [-0.2, 0) is 14.8 Å². The quantitative estimate of drug-likeness (QED) is 0.840. The average molecular weight is 316 g/mol. The molecule has 1 aliphatic carbocycles. The molecular formula is C15H28N2O3S. The summed E-state index contributed by atoms with van der Waals surface area (Å²) in [5.41, 5.74) is 0. The molecule has 2 rings (SSSR count). The Bertz CT molecular complexity index is 436. The summed E-state index contributed by atoms with van der Waals surface area (Å²) < 4.78 is 25.2. The number of rotatable bonds is 5. The molecule has 1 heterocycles. The van der Waals surface area contributed by atoms with Crippen molar-refractivity contribution in [3.63, 3.8) is 0 Å². The third-order valence-electron chi connectivity index (χ3n) is 4.87. The van der Waals surface area contributed by atoms with E-state index in [2.05, 4.69) is 5.32 Å². The minimum Gasteiger partial charge on any atom is -0.356 e. The third kappa shape index (κ3) is 4.68. The van der Waals surface area contributed by atoms with Crippen molar-refractivity contribution < 1.29 is 13.2 Å². The van der Waals surface area contributed by atoms with E-state index in [9.17, 15) is 13.2 Å². The van der Waals surface area contributed by atoms with Crippen LogP contribution in [0, 0.1) is 11.8 Å². The molecule has 122 valence electrons. The molecule has 5 nitrogen and oxygen atoms in total. The highest BCUT2D eigenvalue weighted by atomic mass is 32.2. The Balaban J connectivity index is 1.70. The molecule has 1 saturated heterocycles. The van der Waals surface area contributed by atoms with Gasteiger partial charge in [0.25, 0.3) is 0 Å². The highest BCUT2D eigenvalue weighted by Crippen LogP contribution is 2.24. The zero-order valence-corrected chi connectivity index (χ0v) is 13.8. The van der Waals surface area contributed by atoms with Crippen LogP contribution in [0.4, 0.5) is 0 Å². The van der Waals surface area contributed by atoms with Gasteiger partial charge in [0, 0.05) is 25.6 Å². The van der Waals surface area contributed by atoms with Gasteiger partial charge in [-0.3, -0.25) is 4.79 Å². The first-order chi connectivity index (χ1) is 10.0. The first kappa shape index (κ1) is 16.7. The smallest absolute Gasteiger partial charge is 0.223 e. The van der Waals surface area contributed by atoms with E-state index >= 15 is 0 Å². The average Bonchev–Trinajstić information content (AvgIpc) is 2.54. The van der Waals surface area contributed by atoms with Crippen LogP contribution >= 0.6 is 0 Å². The standard InChI is InChI=1S/C15H28N2O3S/c1-2-21(19,20)17-10-8-13(9-11-17)12-16-15(18)14-6-4-3-5-7-14/h13-14H,2-12H2,1H3,(H,16,18). The van der Waals surface area contributed by atoms with E-state index in [1.54, 1.807) is 11.2 Å². The van der Waals surface area contributed by atoms with Crippen molar-refractivity contribution in [1.29, 1.82) is 0 Å². The predicted octanol–water partition coefficient (Wildman–Crippen LogP) is 1.74. The summed E-state index contributed by atoms with van der Waals surface area (Å²) in [7, 11) is -3.05. The van der Waals surface area contributed by atoms with E-state index in [-0.39, 0.29) is 17.6 Å². The Labute approximate surface area is 128 Å². The van der Waals surface area contributed by atoms with Crippen LogP contribution in [0.2, 0.25) is 0 Å². The van der Waals surface area contributed by atoms with Crippen molar-refractivity contribution in [3.05, 3.63) is 0 Å². The monoisotopic (exact) mass is 316 g/mol. The Morgan fingerprint density at radius 3 is 2.29 bits per heavy atom. The number of sulfonamides is 1. The van der Waals surface area contributed by atoms with Gasteiger partial charge in [0.05, 0.1) is 5.75 Å². The molecule has 0 spiro atoms. The Morgan fingerprint density at radius 1 is 1.10 bits per heavy atom. The van der Waals surface area contributed by atoms with Crippen molar-refractivity contribution in [3.8, 4) is 0 Å². The molecule has 0 aromatic carbocycles. The van der Waals surface area contributed by atoms with E-state index in [4.69, 9.17) is 0 Å². The van der Waals surface area contributed by atoms with Crippen LogP contribution in [0.5, 0.6) is 0 Å². The van der Waals surface area contributed by atoms with Crippen LogP contribution in [0.3, 0.4) is 0 Å². The summed E-state index contributed by atoms with van der Waals surface area (Å²) in [6.45, 7) is 3.58. The minimum atomic E-state index is -3.05. The van der Waals surface area contributed by atoms with Crippen molar-refractivity contribution in [1.82, 2.24) is 9.62 Å². The maximum Gasteiger partial charge on any atom is 0.223 e. The van der Waals surface area contributed by atoms with Crippen molar-refractivity contribution >= 4 is 15.9 Å². The Kier molecular flexibility index (Phi) is 6.05. The number of hydrogen-bond acceptors (Lipinski definition) is 3. The van der Waals surface area contributed by atoms with Crippen LogP contribution in [0.25, 0.3) is 0 Å². The number of carbonyl (C=O) groups excluding carboxylic acids is 1. The van der Waals surface area contributed by atoms with Gasteiger partial charge in [0.2, 0.25) is 15.9 Å². The zero-order valence-electron chi connectivity index (χ0n) is 13.0. The predicted molar refractivity (Wildman–Crippen MR) is 83.3 cm³/mol. The topological polar surface area (TPSA) is 66.5 Å². The van der Waals surface area contributed by atoms with Gasteiger partial charge in [-0.1, -0.05) is 19.3 Å². The van der Waals surface area contributed by atoms with Gasteiger partial charge >= 0.3 is 0 Å². The van der Waals surface area contributed by atoms with Crippen LogP contribution < -0.4 is 5.32 Å². The molecule has 6 heteroatoms. The SMILES string of the molecule is CCS(=O)(=O)N1CCC(CNC(=O)C2CCCCC2)CC1. The Morgan fingerprint density at radius 2 is 1.71 bits per heavy atom. The molecule has 0 aromatic heterocycles. The zero-order chi connectivity index (χ0) is 15.3. The molecule has 21 heavy (non-hydrogen) atoms. The summed E-state index contributed by atoms with van der Waals surface area (Å²) in [5.74, 6) is 1.01. The molecule has 0 radical (unpaired) electrons. The molecule has 2 fully saturated rings. The van der Waals surface area contributed by atoms with Gasteiger partial charge in [0.1, 0.15) is 0 Å². The summed E-state index contributed by atoms with van der Waals surface area (Å²) in [6.07, 6.45) is 7.36. The molecule has 1 saturated carbocycles. The van der Waals surface area contributed by atoms with Gasteiger partial charge in [-0.05, 0) is 38.5 Å². The molecule has 1 aliphatic heterocycles. The molecule has 0 unspecified atom stereocenters. The molecule has 1 amide bonds. The summed E-state index contributed by atoms with van der Waals surface area (Å²) in [6, 6.07) is 0. The summed E-state index contributed by atoms with van der Waals surface area (Å²) >= 11 is 0. The first-order valence-electron chi connectivity index (χ1n) is 8.28. The fraction of sp³-hybridized carbons (Fsp3) is 0.933. The fourth-order valence-corrected chi connectivity index (χ4v) is 4.46. The lowest BCUT2D eigenvalue weighted by molar-refractivity contribution is -0.126. The normalized spacial score (nSPS) is 23.1. The second-order valence-corrected chi connectivity index (χ2v) is 8.58. The first-order valence-corrected chi connectivity index (χ1v) is 9.89. The number of nitrogens with zero attached hydrogens (tertiary/aromatic N) is 1. The number of amides is 1. The molecule has 0 bridgehead atoms. The van der Waals surface area contributed by atoms with E-state index in [1.165, 1.54) is 19.3 Å².